The molecule has 0 aromatic carbocycles. The van der Waals surface area contributed by atoms with Gasteiger partial charge in [0.05, 0.1) is 0 Å². The van der Waals surface area contributed by atoms with Crippen molar-refractivity contribution >= 4 is 0 Å². The summed E-state index contributed by atoms with van der Waals surface area (Å²) in [6.45, 7) is 14.8. The predicted molar refractivity (Wildman–Crippen MR) is 78.3 cm³/mol. The van der Waals surface area contributed by atoms with Crippen LogP contribution < -0.4 is 0 Å². The average molecular weight is 238 g/mol. The molecular formula is C17H34. The molecule has 0 heteroatoms. The summed E-state index contributed by atoms with van der Waals surface area (Å²) < 4.78 is 0. The molecule has 0 atom stereocenters. The molecule has 0 unspecified atom stereocenters. The van der Waals surface area contributed by atoms with Crippen LogP contribution in [-0.4, -0.2) is 0 Å². The summed E-state index contributed by atoms with van der Waals surface area (Å²) in [5.41, 5.74) is 1.66. The van der Waals surface area contributed by atoms with Gasteiger partial charge in [-0.1, -0.05) is 54.4 Å². The summed E-state index contributed by atoms with van der Waals surface area (Å²) in [6.07, 6.45) is 11.3. The van der Waals surface area contributed by atoms with Crippen LogP contribution in [-0.2, 0) is 0 Å². The maximum Gasteiger partial charge on any atom is -0.0354 e. The fourth-order valence-electron chi connectivity index (χ4n) is 2.94. The zero-order chi connectivity index (χ0) is 13.2. The highest BCUT2D eigenvalue weighted by Gasteiger charge is 2.28. The lowest BCUT2D eigenvalue weighted by atomic mass is 9.73. The van der Waals surface area contributed by atoms with Crippen LogP contribution in [0.15, 0.2) is 0 Å². The first-order chi connectivity index (χ1) is 7.62. The molecule has 0 spiro atoms. The Morgan fingerprint density at radius 2 is 0.647 bits per heavy atom. The van der Waals surface area contributed by atoms with Gasteiger partial charge in [-0.05, 0) is 54.8 Å². The van der Waals surface area contributed by atoms with E-state index < -0.39 is 0 Å². The Hall–Kier alpha value is 0. The second kappa shape index (κ2) is 5.33. The molecule has 1 fully saturated rings. The Morgan fingerprint density at radius 1 is 0.412 bits per heavy atom. The van der Waals surface area contributed by atoms with Gasteiger partial charge in [0.25, 0.3) is 0 Å². The van der Waals surface area contributed by atoms with Gasteiger partial charge in [-0.3, -0.25) is 0 Å². The molecule has 1 saturated carbocycles. The van der Waals surface area contributed by atoms with Crippen LogP contribution in [0.4, 0.5) is 0 Å². The molecule has 0 radical (unpaired) electrons. The van der Waals surface area contributed by atoms with Crippen LogP contribution in [0.25, 0.3) is 0 Å². The molecule has 1 aliphatic rings. The van der Waals surface area contributed by atoms with E-state index in [0.717, 1.165) is 0 Å². The van der Waals surface area contributed by atoms with Crippen molar-refractivity contribution in [3.63, 3.8) is 0 Å². The summed E-state index contributed by atoms with van der Waals surface area (Å²) >= 11 is 0. The van der Waals surface area contributed by atoms with E-state index in [2.05, 4.69) is 41.5 Å². The Labute approximate surface area is 110 Å². The van der Waals surface area contributed by atoms with Gasteiger partial charge in [-0.15, -0.1) is 0 Å². The van der Waals surface area contributed by atoms with E-state index in [-0.39, 0.29) is 0 Å². The van der Waals surface area contributed by atoms with Gasteiger partial charge in [0.2, 0.25) is 0 Å². The molecule has 0 aromatic heterocycles. The molecular weight excluding hydrogens is 204 g/mol. The lowest BCUT2D eigenvalue weighted by molar-refractivity contribution is 0.194. The van der Waals surface area contributed by atoms with Gasteiger partial charge >= 0.3 is 0 Å². The molecule has 0 nitrogen and oxygen atoms in total. The second-order valence-corrected chi connectivity index (χ2v) is 8.70. The fourth-order valence-corrected chi connectivity index (χ4v) is 2.94. The monoisotopic (exact) mass is 238 g/mol. The van der Waals surface area contributed by atoms with Crippen LogP contribution in [0.2, 0.25) is 0 Å². The summed E-state index contributed by atoms with van der Waals surface area (Å²) in [5.74, 6) is 0. The van der Waals surface area contributed by atoms with Crippen LogP contribution >= 0.6 is 0 Å². The summed E-state index contributed by atoms with van der Waals surface area (Å²) in [5, 5.41) is 0. The minimum atomic E-state index is 0.541. The topological polar surface area (TPSA) is 0 Å². The van der Waals surface area contributed by atoms with Crippen molar-refractivity contribution in [1.29, 1.82) is 0 Å². The molecule has 0 amide bonds. The quantitative estimate of drug-likeness (QED) is 0.471. The standard InChI is InChI=1S/C17H34/c1-15(2)9-7-8-10-16(3,4)12-14-17(5,6)13-11-15/h7-14H2,1-6H3. The highest BCUT2D eigenvalue weighted by molar-refractivity contribution is 4.80. The summed E-state index contributed by atoms with van der Waals surface area (Å²) in [7, 11) is 0. The van der Waals surface area contributed by atoms with Crippen LogP contribution in [0.3, 0.4) is 0 Å². The average Bonchev–Trinajstić information content (AvgIpc) is 2.20. The van der Waals surface area contributed by atoms with Crippen molar-refractivity contribution in [1.82, 2.24) is 0 Å². The first-order valence-corrected chi connectivity index (χ1v) is 7.62. The normalized spacial score (nSPS) is 29.3. The van der Waals surface area contributed by atoms with Gasteiger partial charge in [-0.25, -0.2) is 0 Å². The van der Waals surface area contributed by atoms with E-state index in [1.165, 1.54) is 51.4 Å². The maximum absolute atomic E-state index is 2.47. The van der Waals surface area contributed by atoms with E-state index in [4.69, 9.17) is 0 Å². The highest BCUT2D eigenvalue weighted by Crippen LogP contribution is 2.42. The van der Waals surface area contributed by atoms with E-state index in [9.17, 15) is 0 Å². The van der Waals surface area contributed by atoms with Crippen LogP contribution in [0.1, 0.15) is 92.9 Å². The summed E-state index contributed by atoms with van der Waals surface area (Å²) in [6, 6.07) is 0. The first-order valence-electron chi connectivity index (χ1n) is 7.62. The third-order valence-corrected chi connectivity index (χ3v) is 4.91. The Balaban J connectivity index is 2.67. The number of hydrogen-bond acceptors (Lipinski definition) is 0. The molecule has 0 saturated heterocycles. The third kappa shape index (κ3) is 5.93. The van der Waals surface area contributed by atoms with Gasteiger partial charge in [-0.2, -0.15) is 0 Å². The molecule has 0 heterocycles. The van der Waals surface area contributed by atoms with Gasteiger partial charge in [0, 0.05) is 0 Å². The van der Waals surface area contributed by atoms with Crippen molar-refractivity contribution in [3.8, 4) is 0 Å². The zero-order valence-electron chi connectivity index (χ0n) is 13.2. The fraction of sp³-hybridized carbons (Fsp3) is 1.00. The predicted octanol–water partition coefficient (Wildman–Crippen LogP) is 6.20. The highest BCUT2D eigenvalue weighted by atomic mass is 14.3. The molecule has 102 valence electrons. The van der Waals surface area contributed by atoms with E-state index >= 15 is 0 Å². The van der Waals surface area contributed by atoms with Crippen molar-refractivity contribution in [2.45, 2.75) is 92.9 Å². The lowest BCUT2D eigenvalue weighted by Gasteiger charge is -2.32. The van der Waals surface area contributed by atoms with E-state index in [1.807, 2.05) is 0 Å². The molecule has 0 aromatic rings. The molecule has 1 rings (SSSR count). The van der Waals surface area contributed by atoms with Crippen molar-refractivity contribution in [3.05, 3.63) is 0 Å². The Bertz CT molecular complexity index is 208. The van der Waals surface area contributed by atoms with Crippen LogP contribution in [0.5, 0.6) is 0 Å². The maximum atomic E-state index is 2.47. The summed E-state index contributed by atoms with van der Waals surface area (Å²) in [4.78, 5) is 0. The van der Waals surface area contributed by atoms with E-state index in [0.29, 0.717) is 16.2 Å². The van der Waals surface area contributed by atoms with Crippen molar-refractivity contribution < 1.29 is 0 Å². The minimum Gasteiger partial charge on any atom is -0.0599 e. The molecule has 0 N–H and O–H groups in total. The number of hydrogen-bond donors (Lipinski definition) is 0. The molecule has 0 bridgehead atoms. The van der Waals surface area contributed by atoms with Crippen molar-refractivity contribution in [2.24, 2.45) is 16.2 Å². The second-order valence-electron chi connectivity index (χ2n) is 8.70. The minimum absolute atomic E-state index is 0.541. The van der Waals surface area contributed by atoms with E-state index in [1.54, 1.807) is 0 Å². The Morgan fingerprint density at radius 3 is 0.941 bits per heavy atom. The molecule has 0 aliphatic heterocycles. The SMILES string of the molecule is CC1(C)CCCCC(C)(C)CCC(C)(C)CC1. The molecule has 17 heavy (non-hydrogen) atoms. The first kappa shape index (κ1) is 15.1. The third-order valence-electron chi connectivity index (χ3n) is 4.91. The lowest BCUT2D eigenvalue weighted by Crippen LogP contribution is -2.20. The number of rotatable bonds is 0. The van der Waals surface area contributed by atoms with Gasteiger partial charge in [0.1, 0.15) is 0 Å². The zero-order valence-corrected chi connectivity index (χ0v) is 13.2. The van der Waals surface area contributed by atoms with Gasteiger partial charge in [0.15, 0.2) is 0 Å². The molecule has 1 aliphatic carbocycles. The van der Waals surface area contributed by atoms with Crippen LogP contribution in [0, 0.1) is 16.2 Å². The Kier molecular flexibility index (Phi) is 4.72. The largest absolute Gasteiger partial charge is 0.0599 e. The van der Waals surface area contributed by atoms with Crippen molar-refractivity contribution in [2.75, 3.05) is 0 Å². The van der Waals surface area contributed by atoms with Gasteiger partial charge < -0.3 is 0 Å². The smallest absolute Gasteiger partial charge is 0.0354 e.